The number of imidazole rings is 1. The first kappa shape index (κ1) is 7.93. The smallest absolute Gasteiger partial charge is 0.130 e. The van der Waals surface area contributed by atoms with E-state index in [1.807, 2.05) is 0 Å². The molecule has 6 nitrogen and oxygen atoms in total. The van der Waals surface area contributed by atoms with Gasteiger partial charge in [-0.05, 0) is 6.54 Å². The second-order valence-electron chi connectivity index (χ2n) is 2.64. The van der Waals surface area contributed by atoms with Gasteiger partial charge in [0.05, 0.1) is 18.1 Å². The van der Waals surface area contributed by atoms with Gasteiger partial charge in [0.1, 0.15) is 11.5 Å². The Hall–Kier alpha value is -1.69. The van der Waals surface area contributed by atoms with Crippen LogP contribution in [-0.4, -0.2) is 31.9 Å². The molecule has 2 heterocycles. The van der Waals surface area contributed by atoms with E-state index in [9.17, 15) is 0 Å². The molecule has 2 rings (SSSR count). The molecule has 2 aromatic heterocycles. The first-order valence-electron chi connectivity index (χ1n) is 4.00. The molecule has 68 valence electrons. The van der Waals surface area contributed by atoms with Crippen molar-refractivity contribution in [2.75, 3.05) is 6.54 Å². The summed E-state index contributed by atoms with van der Waals surface area (Å²) in [6, 6.07) is 0. The molecule has 0 aliphatic rings. The van der Waals surface area contributed by atoms with Crippen LogP contribution in [0.3, 0.4) is 0 Å². The molecule has 0 atom stereocenters. The molecule has 0 aliphatic carbocycles. The Morgan fingerprint density at radius 3 is 3.00 bits per heavy atom. The molecule has 0 saturated heterocycles. The molecule has 6 heteroatoms. The number of hydrogen-bond acceptors (Lipinski definition) is 4. The van der Waals surface area contributed by atoms with Crippen LogP contribution >= 0.6 is 0 Å². The van der Waals surface area contributed by atoms with Crippen LogP contribution in [-0.2, 0) is 6.42 Å². The fraction of sp³-hybridized carbons (Fsp3) is 0.286. The topological polar surface area (TPSA) is 96.3 Å². The van der Waals surface area contributed by atoms with Gasteiger partial charge in [-0.2, -0.15) is 15.4 Å². The zero-order chi connectivity index (χ0) is 9.10. The SMILES string of the molecule is NCCc1ncc(-c2cn[nH]n2)[nH]1. The summed E-state index contributed by atoms with van der Waals surface area (Å²) in [4.78, 5) is 7.25. The predicted octanol–water partition coefficient (Wildman–Crippen LogP) is -0.304. The number of H-pyrrole nitrogens is 2. The zero-order valence-corrected chi connectivity index (χ0v) is 6.99. The van der Waals surface area contributed by atoms with Crippen LogP contribution in [0.2, 0.25) is 0 Å². The van der Waals surface area contributed by atoms with Crippen LogP contribution in [0.1, 0.15) is 5.82 Å². The van der Waals surface area contributed by atoms with Crippen molar-refractivity contribution >= 4 is 0 Å². The Bertz CT molecular complexity index is 362. The van der Waals surface area contributed by atoms with Crippen LogP contribution in [0.5, 0.6) is 0 Å². The number of nitrogens with one attached hydrogen (secondary N) is 2. The lowest BCUT2D eigenvalue weighted by atomic mass is 10.4. The van der Waals surface area contributed by atoms with Crippen molar-refractivity contribution in [3.05, 3.63) is 18.2 Å². The van der Waals surface area contributed by atoms with Gasteiger partial charge in [-0.15, -0.1) is 0 Å². The van der Waals surface area contributed by atoms with Gasteiger partial charge in [-0.1, -0.05) is 0 Å². The maximum Gasteiger partial charge on any atom is 0.130 e. The molecule has 2 aromatic rings. The first-order chi connectivity index (χ1) is 6.40. The highest BCUT2D eigenvalue weighted by molar-refractivity contribution is 5.50. The van der Waals surface area contributed by atoms with Crippen LogP contribution in [0, 0.1) is 0 Å². The van der Waals surface area contributed by atoms with Gasteiger partial charge < -0.3 is 10.7 Å². The van der Waals surface area contributed by atoms with E-state index in [0.29, 0.717) is 6.54 Å². The second-order valence-corrected chi connectivity index (χ2v) is 2.64. The lowest BCUT2D eigenvalue weighted by Gasteiger charge is -1.89. The minimum absolute atomic E-state index is 0.589. The maximum absolute atomic E-state index is 5.39. The molecule has 0 aliphatic heterocycles. The highest BCUT2D eigenvalue weighted by Crippen LogP contribution is 2.11. The fourth-order valence-corrected chi connectivity index (χ4v) is 1.09. The molecule has 0 saturated carbocycles. The van der Waals surface area contributed by atoms with Crippen molar-refractivity contribution < 1.29 is 0 Å². The second kappa shape index (κ2) is 3.36. The quantitative estimate of drug-likeness (QED) is 0.601. The van der Waals surface area contributed by atoms with Gasteiger partial charge in [0.2, 0.25) is 0 Å². The van der Waals surface area contributed by atoms with Gasteiger partial charge in [0.15, 0.2) is 0 Å². The molecule has 0 unspecified atom stereocenters. The zero-order valence-electron chi connectivity index (χ0n) is 6.99. The van der Waals surface area contributed by atoms with E-state index in [-0.39, 0.29) is 0 Å². The number of nitrogens with two attached hydrogens (primary N) is 1. The Kier molecular flexibility index (Phi) is 2.05. The van der Waals surface area contributed by atoms with Crippen LogP contribution in [0.25, 0.3) is 11.4 Å². The van der Waals surface area contributed by atoms with Crippen molar-refractivity contribution in [1.29, 1.82) is 0 Å². The minimum atomic E-state index is 0.589. The third-order valence-corrected chi connectivity index (χ3v) is 1.70. The summed E-state index contributed by atoms with van der Waals surface area (Å²) in [5.41, 5.74) is 7.01. The summed E-state index contributed by atoms with van der Waals surface area (Å²) in [7, 11) is 0. The molecule has 0 bridgehead atoms. The van der Waals surface area contributed by atoms with E-state index in [1.54, 1.807) is 12.4 Å². The van der Waals surface area contributed by atoms with Gasteiger partial charge in [-0.3, -0.25) is 0 Å². The maximum atomic E-state index is 5.39. The lowest BCUT2D eigenvalue weighted by molar-refractivity contribution is 0.894. The average molecular weight is 178 g/mol. The normalized spacial score (nSPS) is 10.5. The summed E-state index contributed by atoms with van der Waals surface area (Å²) in [5.74, 6) is 0.875. The molecule has 0 aromatic carbocycles. The molecule has 0 fully saturated rings. The number of rotatable bonds is 3. The first-order valence-corrected chi connectivity index (χ1v) is 4.00. The minimum Gasteiger partial charge on any atom is -0.341 e. The molecule has 0 radical (unpaired) electrons. The summed E-state index contributed by atoms with van der Waals surface area (Å²) in [6.45, 7) is 0.589. The Morgan fingerprint density at radius 2 is 2.31 bits per heavy atom. The van der Waals surface area contributed by atoms with E-state index in [2.05, 4.69) is 25.4 Å². The van der Waals surface area contributed by atoms with E-state index in [4.69, 9.17) is 5.73 Å². The molecule has 13 heavy (non-hydrogen) atoms. The van der Waals surface area contributed by atoms with E-state index in [1.165, 1.54) is 0 Å². The largest absolute Gasteiger partial charge is 0.341 e. The van der Waals surface area contributed by atoms with Gasteiger partial charge >= 0.3 is 0 Å². The monoisotopic (exact) mass is 178 g/mol. The Labute approximate surface area is 74.6 Å². The highest BCUT2D eigenvalue weighted by Gasteiger charge is 2.04. The summed E-state index contributed by atoms with van der Waals surface area (Å²) in [5, 5.41) is 10.2. The van der Waals surface area contributed by atoms with Crippen molar-refractivity contribution in [2.45, 2.75) is 6.42 Å². The van der Waals surface area contributed by atoms with Gasteiger partial charge in [0, 0.05) is 6.42 Å². The molecular formula is C7H10N6. The highest BCUT2D eigenvalue weighted by atomic mass is 15.3. The molecular weight excluding hydrogens is 168 g/mol. The molecule has 0 spiro atoms. The molecule has 4 N–H and O–H groups in total. The number of aromatic nitrogens is 5. The average Bonchev–Trinajstić information content (AvgIpc) is 2.70. The van der Waals surface area contributed by atoms with Crippen molar-refractivity contribution in [3.63, 3.8) is 0 Å². The summed E-state index contributed by atoms with van der Waals surface area (Å²) >= 11 is 0. The van der Waals surface area contributed by atoms with Crippen LogP contribution in [0.15, 0.2) is 12.4 Å². The summed E-state index contributed by atoms with van der Waals surface area (Å²) in [6.07, 6.45) is 4.11. The van der Waals surface area contributed by atoms with Gasteiger partial charge in [-0.25, -0.2) is 4.98 Å². The van der Waals surface area contributed by atoms with Crippen molar-refractivity contribution in [3.8, 4) is 11.4 Å². The van der Waals surface area contributed by atoms with Gasteiger partial charge in [0.25, 0.3) is 0 Å². The van der Waals surface area contributed by atoms with Crippen LogP contribution < -0.4 is 5.73 Å². The third-order valence-electron chi connectivity index (χ3n) is 1.70. The lowest BCUT2D eigenvalue weighted by Crippen LogP contribution is -2.03. The predicted molar refractivity (Wildman–Crippen MR) is 46.7 cm³/mol. The fourth-order valence-electron chi connectivity index (χ4n) is 1.09. The Morgan fingerprint density at radius 1 is 1.38 bits per heavy atom. The van der Waals surface area contributed by atoms with Crippen molar-refractivity contribution in [2.24, 2.45) is 5.73 Å². The third kappa shape index (κ3) is 1.57. The molecule has 0 amide bonds. The number of aromatic amines is 2. The Balaban J connectivity index is 2.23. The number of hydrogen-bond donors (Lipinski definition) is 3. The number of nitrogens with zero attached hydrogens (tertiary/aromatic N) is 3. The van der Waals surface area contributed by atoms with Crippen molar-refractivity contribution in [1.82, 2.24) is 25.4 Å². The van der Waals surface area contributed by atoms with E-state index < -0.39 is 0 Å². The van der Waals surface area contributed by atoms with Crippen LogP contribution in [0.4, 0.5) is 0 Å². The van der Waals surface area contributed by atoms with E-state index in [0.717, 1.165) is 23.6 Å². The summed E-state index contributed by atoms with van der Waals surface area (Å²) < 4.78 is 0. The van der Waals surface area contributed by atoms with E-state index >= 15 is 0 Å². The standard InChI is InChI=1S/C7H10N6/c8-2-1-7-9-3-5(11-7)6-4-10-13-12-6/h3-4H,1-2,8H2,(H,9,11)(H,10,12,13).